The maximum absolute atomic E-state index is 12.9. The molecule has 1 heterocycles. The highest BCUT2D eigenvalue weighted by molar-refractivity contribution is 6.42. The molecule has 1 aromatic heterocycles. The van der Waals surface area contributed by atoms with E-state index < -0.39 is 0 Å². The molecule has 0 fully saturated rings. The van der Waals surface area contributed by atoms with Gasteiger partial charge >= 0.3 is 0 Å². The van der Waals surface area contributed by atoms with Gasteiger partial charge in [-0.15, -0.1) is 0 Å². The molecule has 0 saturated heterocycles. The molecule has 5 heteroatoms. The molecule has 152 valence electrons. The van der Waals surface area contributed by atoms with Crippen molar-refractivity contribution >= 4 is 40.0 Å². The molecule has 0 aliphatic carbocycles. The van der Waals surface area contributed by atoms with Crippen LogP contribution in [-0.2, 0) is 0 Å². The summed E-state index contributed by atoms with van der Waals surface area (Å²) in [5.74, 6) is -0.0709. The smallest absolute Gasteiger partial charge is 0.252 e. The number of unbranched alkanes of at least 4 members (excludes halogenated alkanes) is 5. The highest BCUT2D eigenvalue weighted by Gasteiger charge is 2.14. The van der Waals surface area contributed by atoms with Crippen molar-refractivity contribution in [3.05, 3.63) is 64.1 Å². The van der Waals surface area contributed by atoms with Crippen molar-refractivity contribution in [1.82, 2.24) is 10.3 Å². The van der Waals surface area contributed by atoms with Crippen LogP contribution in [0.4, 0.5) is 0 Å². The first-order chi connectivity index (χ1) is 14.1. The van der Waals surface area contributed by atoms with Crippen LogP contribution in [0.25, 0.3) is 22.2 Å². The first-order valence-electron chi connectivity index (χ1n) is 10.2. The molecular weight excluding hydrogens is 403 g/mol. The maximum Gasteiger partial charge on any atom is 0.252 e. The molecular formula is C24H26Cl2N2O. The number of para-hydroxylation sites is 1. The lowest BCUT2D eigenvalue weighted by molar-refractivity contribution is 0.0954. The standard InChI is InChI=1S/C24H26Cl2N2O/c1-2-3-4-5-6-9-14-27-24(29)19-16-23(17-12-13-20(25)21(26)15-17)28-22-11-8-7-10-18(19)22/h7-8,10-13,15-16H,2-6,9,14H2,1H3,(H,27,29). The maximum atomic E-state index is 12.9. The molecule has 3 aromatic rings. The zero-order chi connectivity index (χ0) is 20.6. The fourth-order valence-corrected chi connectivity index (χ4v) is 3.67. The van der Waals surface area contributed by atoms with Crippen LogP contribution in [0.1, 0.15) is 55.8 Å². The number of benzene rings is 2. The summed E-state index contributed by atoms with van der Waals surface area (Å²) in [7, 11) is 0. The van der Waals surface area contributed by atoms with Gasteiger partial charge < -0.3 is 5.32 Å². The largest absolute Gasteiger partial charge is 0.352 e. The van der Waals surface area contributed by atoms with Gasteiger partial charge in [-0.25, -0.2) is 4.98 Å². The lowest BCUT2D eigenvalue weighted by atomic mass is 10.0. The lowest BCUT2D eigenvalue weighted by Gasteiger charge is -2.11. The molecule has 3 rings (SSSR count). The van der Waals surface area contributed by atoms with E-state index >= 15 is 0 Å². The quantitative estimate of drug-likeness (QED) is 0.363. The normalized spacial score (nSPS) is 11.0. The third-order valence-corrected chi connectivity index (χ3v) is 5.73. The SMILES string of the molecule is CCCCCCCCNC(=O)c1cc(-c2ccc(Cl)c(Cl)c2)nc2ccccc12. The van der Waals surface area contributed by atoms with Crippen LogP contribution in [0.5, 0.6) is 0 Å². The summed E-state index contributed by atoms with van der Waals surface area (Å²) in [6.45, 7) is 2.90. The Kier molecular flexibility index (Phi) is 7.91. The second-order valence-corrected chi connectivity index (χ2v) is 8.04. The number of rotatable bonds is 9. The third kappa shape index (κ3) is 5.71. The number of nitrogens with zero attached hydrogens (tertiary/aromatic N) is 1. The van der Waals surface area contributed by atoms with Crippen LogP contribution < -0.4 is 5.32 Å². The Labute approximate surface area is 182 Å². The summed E-state index contributed by atoms with van der Waals surface area (Å²) >= 11 is 12.2. The fraction of sp³-hybridized carbons (Fsp3) is 0.333. The molecule has 0 aliphatic heterocycles. The van der Waals surface area contributed by atoms with Gasteiger partial charge in [-0.05, 0) is 30.7 Å². The highest BCUT2D eigenvalue weighted by Crippen LogP contribution is 2.30. The van der Waals surface area contributed by atoms with Gasteiger partial charge in [0.2, 0.25) is 0 Å². The van der Waals surface area contributed by atoms with Gasteiger partial charge in [-0.2, -0.15) is 0 Å². The van der Waals surface area contributed by atoms with E-state index in [1.165, 1.54) is 25.7 Å². The first-order valence-corrected chi connectivity index (χ1v) is 11.0. The van der Waals surface area contributed by atoms with Crippen LogP contribution in [0, 0.1) is 0 Å². The number of pyridine rings is 1. The van der Waals surface area contributed by atoms with Crippen molar-refractivity contribution in [3.8, 4) is 11.3 Å². The van der Waals surface area contributed by atoms with E-state index in [4.69, 9.17) is 28.2 Å². The molecule has 3 nitrogen and oxygen atoms in total. The van der Waals surface area contributed by atoms with Crippen molar-refractivity contribution < 1.29 is 4.79 Å². The second-order valence-electron chi connectivity index (χ2n) is 7.22. The number of carbonyl (C=O) groups is 1. The van der Waals surface area contributed by atoms with E-state index in [0.29, 0.717) is 27.8 Å². The number of hydrogen-bond acceptors (Lipinski definition) is 2. The Hall–Kier alpha value is -2.10. The molecule has 0 bridgehead atoms. The summed E-state index contributed by atoms with van der Waals surface area (Å²) in [4.78, 5) is 17.6. The Morgan fingerprint density at radius 2 is 1.69 bits per heavy atom. The Bertz CT molecular complexity index is 988. The van der Waals surface area contributed by atoms with E-state index in [1.807, 2.05) is 36.4 Å². The first kappa shape index (κ1) is 21.6. The van der Waals surface area contributed by atoms with Crippen molar-refractivity contribution in [3.63, 3.8) is 0 Å². The average molecular weight is 429 g/mol. The minimum absolute atomic E-state index is 0.0709. The van der Waals surface area contributed by atoms with E-state index in [1.54, 1.807) is 12.1 Å². The minimum Gasteiger partial charge on any atom is -0.352 e. The van der Waals surface area contributed by atoms with Crippen molar-refractivity contribution in [2.75, 3.05) is 6.54 Å². The van der Waals surface area contributed by atoms with Crippen molar-refractivity contribution in [2.24, 2.45) is 0 Å². The lowest BCUT2D eigenvalue weighted by Crippen LogP contribution is -2.24. The monoisotopic (exact) mass is 428 g/mol. The molecule has 0 aliphatic rings. The molecule has 0 spiro atoms. The van der Waals surface area contributed by atoms with E-state index in [0.717, 1.165) is 29.3 Å². The third-order valence-electron chi connectivity index (χ3n) is 4.99. The van der Waals surface area contributed by atoms with E-state index in [2.05, 4.69) is 12.2 Å². The molecule has 0 atom stereocenters. The summed E-state index contributed by atoms with van der Waals surface area (Å²) in [5.41, 5.74) is 2.94. The summed E-state index contributed by atoms with van der Waals surface area (Å²) < 4.78 is 0. The summed E-state index contributed by atoms with van der Waals surface area (Å²) in [5, 5.41) is 4.87. The van der Waals surface area contributed by atoms with Crippen LogP contribution >= 0.6 is 23.2 Å². The second kappa shape index (κ2) is 10.6. The molecule has 0 unspecified atom stereocenters. The van der Waals surface area contributed by atoms with Gasteiger partial charge in [-0.1, -0.05) is 86.5 Å². The predicted molar refractivity (Wildman–Crippen MR) is 123 cm³/mol. The number of fused-ring (bicyclic) bond motifs is 1. The van der Waals surface area contributed by atoms with Gasteiger partial charge in [0.05, 0.1) is 26.8 Å². The van der Waals surface area contributed by atoms with Crippen LogP contribution in [0.2, 0.25) is 10.0 Å². The van der Waals surface area contributed by atoms with Crippen molar-refractivity contribution in [2.45, 2.75) is 45.4 Å². The number of hydrogen-bond donors (Lipinski definition) is 1. The van der Waals surface area contributed by atoms with Gasteiger partial charge in [0.15, 0.2) is 0 Å². The van der Waals surface area contributed by atoms with Gasteiger partial charge in [0, 0.05) is 17.5 Å². The number of aromatic nitrogens is 1. The minimum atomic E-state index is -0.0709. The van der Waals surface area contributed by atoms with E-state index in [9.17, 15) is 4.79 Å². The molecule has 2 aromatic carbocycles. The zero-order valence-corrected chi connectivity index (χ0v) is 18.2. The molecule has 29 heavy (non-hydrogen) atoms. The fourth-order valence-electron chi connectivity index (χ4n) is 3.37. The number of amides is 1. The highest BCUT2D eigenvalue weighted by atomic mass is 35.5. The summed E-state index contributed by atoms with van der Waals surface area (Å²) in [6, 6.07) is 14.9. The number of nitrogens with one attached hydrogen (secondary N) is 1. The predicted octanol–water partition coefficient (Wildman–Crippen LogP) is 7.30. The average Bonchev–Trinajstić information content (AvgIpc) is 2.74. The van der Waals surface area contributed by atoms with Gasteiger partial charge in [0.25, 0.3) is 5.91 Å². The molecule has 0 radical (unpaired) electrons. The Balaban J connectivity index is 1.79. The van der Waals surface area contributed by atoms with E-state index in [-0.39, 0.29) is 5.91 Å². The van der Waals surface area contributed by atoms with Crippen LogP contribution in [0.15, 0.2) is 48.5 Å². The molecule has 1 amide bonds. The van der Waals surface area contributed by atoms with Gasteiger partial charge in [0.1, 0.15) is 0 Å². The van der Waals surface area contributed by atoms with Gasteiger partial charge in [-0.3, -0.25) is 4.79 Å². The number of halogens is 2. The molecule has 1 N–H and O–H groups in total. The van der Waals surface area contributed by atoms with Crippen LogP contribution in [-0.4, -0.2) is 17.4 Å². The zero-order valence-electron chi connectivity index (χ0n) is 16.7. The summed E-state index contributed by atoms with van der Waals surface area (Å²) in [6.07, 6.45) is 7.17. The Morgan fingerprint density at radius 1 is 0.931 bits per heavy atom. The van der Waals surface area contributed by atoms with Crippen LogP contribution in [0.3, 0.4) is 0 Å². The molecule has 0 saturated carbocycles. The Morgan fingerprint density at radius 3 is 2.48 bits per heavy atom. The number of carbonyl (C=O) groups excluding carboxylic acids is 1. The topological polar surface area (TPSA) is 42.0 Å². The van der Waals surface area contributed by atoms with Crippen molar-refractivity contribution in [1.29, 1.82) is 0 Å².